The molecule has 2 atom stereocenters. The molecule has 2 heterocycles. The Kier molecular flexibility index (Phi) is 8.76. The minimum Gasteiger partial charge on any atom is -0.493 e. The Morgan fingerprint density at radius 3 is 2.39 bits per heavy atom. The molecule has 0 aromatic heterocycles. The predicted molar refractivity (Wildman–Crippen MR) is 156 cm³/mol. The highest BCUT2D eigenvalue weighted by Gasteiger charge is 2.40. The van der Waals surface area contributed by atoms with E-state index in [1.807, 2.05) is 42.5 Å². The maximum absolute atomic E-state index is 13.3. The Labute approximate surface area is 239 Å². The molecule has 1 aliphatic carbocycles. The number of hydrogen-bond acceptors (Lipinski definition) is 7. The second kappa shape index (κ2) is 12.8. The number of unbranched alkanes of at least 4 members (excludes halogenated alkanes) is 1. The summed E-state index contributed by atoms with van der Waals surface area (Å²) < 4.78 is 10.9. The van der Waals surface area contributed by atoms with Gasteiger partial charge in [0.25, 0.3) is 0 Å². The fourth-order valence-electron chi connectivity index (χ4n) is 5.46. The maximum atomic E-state index is 13.3. The zero-order valence-corrected chi connectivity index (χ0v) is 23.4. The number of rotatable bonds is 10. The number of ether oxygens (including phenoxy) is 2. The number of allylic oxidation sites excluding steroid dienone is 2. The summed E-state index contributed by atoms with van der Waals surface area (Å²) in [6.45, 7) is 0.448. The Morgan fingerprint density at radius 1 is 0.951 bits per heavy atom. The van der Waals surface area contributed by atoms with Gasteiger partial charge in [-0.15, -0.1) is 0 Å². The van der Waals surface area contributed by atoms with Crippen LogP contribution in [-0.2, 0) is 14.4 Å². The third-order valence-electron chi connectivity index (χ3n) is 7.69. The fourth-order valence-corrected chi connectivity index (χ4v) is 5.46. The first-order chi connectivity index (χ1) is 20.0. The van der Waals surface area contributed by atoms with E-state index < -0.39 is 0 Å². The lowest BCUT2D eigenvalue weighted by Gasteiger charge is -2.37. The Bertz CT molecular complexity index is 1400. The molecule has 0 spiro atoms. The lowest BCUT2D eigenvalue weighted by molar-refractivity contribution is -0.138. The van der Waals surface area contributed by atoms with Gasteiger partial charge in [-0.25, -0.2) is 10.4 Å². The van der Waals surface area contributed by atoms with Crippen molar-refractivity contribution in [1.82, 2.24) is 10.4 Å². The summed E-state index contributed by atoms with van der Waals surface area (Å²) >= 11 is 0. The molecule has 2 aliphatic heterocycles. The van der Waals surface area contributed by atoms with Gasteiger partial charge in [-0.2, -0.15) is 10.2 Å². The molecule has 2 aromatic rings. The molecule has 10 heteroatoms. The zero-order valence-electron chi connectivity index (χ0n) is 23.4. The Hall–Kier alpha value is -4.47. The van der Waals surface area contributed by atoms with Gasteiger partial charge in [0.1, 0.15) is 0 Å². The van der Waals surface area contributed by atoms with Crippen LogP contribution in [0.5, 0.6) is 11.5 Å². The molecule has 0 fully saturated rings. The highest BCUT2D eigenvalue weighted by Crippen LogP contribution is 2.37. The van der Waals surface area contributed by atoms with Crippen LogP contribution in [0, 0.1) is 11.8 Å². The first-order valence-electron chi connectivity index (χ1n) is 14.0. The molecule has 5 rings (SSSR count). The number of nitrogens with one attached hydrogen (secondary N) is 2. The van der Waals surface area contributed by atoms with Crippen LogP contribution < -0.4 is 20.2 Å². The van der Waals surface area contributed by atoms with Crippen LogP contribution in [0.25, 0.3) is 0 Å². The van der Waals surface area contributed by atoms with E-state index in [0.29, 0.717) is 62.3 Å². The summed E-state index contributed by atoms with van der Waals surface area (Å²) in [5, 5.41) is 13.4. The Balaban J connectivity index is 1.17. The number of carbonyl (C=O) groups excluding carboxylic acids is 3. The number of hydrogen-bond donors (Lipinski definition) is 2. The van der Waals surface area contributed by atoms with Crippen molar-refractivity contribution in [2.75, 3.05) is 26.1 Å². The number of anilines is 1. The monoisotopic (exact) mass is 557 g/mol. The number of carbonyl (C=O) groups is 3. The van der Waals surface area contributed by atoms with Gasteiger partial charge < -0.3 is 14.8 Å². The molecule has 0 radical (unpaired) electrons. The quantitative estimate of drug-likeness (QED) is 0.334. The van der Waals surface area contributed by atoms with Crippen LogP contribution in [0.1, 0.15) is 56.1 Å². The molecule has 2 N–H and O–H groups in total. The average molecular weight is 558 g/mol. The van der Waals surface area contributed by atoms with Crippen molar-refractivity contribution >= 4 is 34.8 Å². The summed E-state index contributed by atoms with van der Waals surface area (Å²) in [5.74, 6) is 1.00. The lowest BCUT2D eigenvalue weighted by atomic mass is 9.76. The molecular formula is C31H35N5O5. The summed E-state index contributed by atoms with van der Waals surface area (Å²) in [6, 6.07) is 13.2. The van der Waals surface area contributed by atoms with Gasteiger partial charge in [0.2, 0.25) is 17.7 Å². The molecular weight excluding hydrogens is 522 g/mol. The van der Waals surface area contributed by atoms with Crippen molar-refractivity contribution in [1.29, 1.82) is 0 Å². The molecule has 3 amide bonds. The zero-order chi connectivity index (χ0) is 28.8. The van der Waals surface area contributed by atoms with Crippen molar-refractivity contribution in [3.63, 3.8) is 0 Å². The van der Waals surface area contributed by atoms with Crippen LogP contribution in [0.2, 0.25) is 0 Å². The van der Waals surface area contributed by atoms with E-state index in [1.165, 1.54) is 0 Å². The van der Waals surface area contributed by atoms with Crippen LogP contribution in [0.4, 0.5) is 5.69 Å². The van der Waals surface area contributed by atoms with E-state index in [9.17, 15) is 14.4 Å². The van der Waals surface area contributed by atoms with Gasteiger partial charge in [-0.05, 0) is 61.6 Å². The van der Waals surface area contributed by atoms with Gasteiger partial charge in [0, 0.05) is 43.0 Å². The summed E-state index contributed by atoms with van der Waals surface area (Å²) in [4.78, 5) is 37.2. The number of hydrazone groups is 2. The van der Waals surface area contributed by atoms with E-state index in [1.54, 1.807) is 19.2 Å². The lowest BCUT2D eigenvalue weighted by Crippen LogP contribution is -2.45. The van der Waals surface area contributed by atoms with Crippen molar-refractivity contribution in [2.24, 2.45) is 22.0 Å². The second-order valence-electron chi connectivity index (χ2n) is 10.3. The first kappa shape index (κ1) is 28.1. The van der Waals surface area contributed by atoms with E-state index in [2.05, 4.69) is 28.0 Å². The number of nitrogens with zero attached hydrogens (tertiary/aromatic N) is 3. The van der Waals surface area contributed by atoms with Gasteiger partial charge >= 0.3 is 0 Å². The molecule has 3 aliphatic rings. The molecule has 0 saturated carbocycles. The van der Waals surface area contributed by atoms with E-state index in [4.69, 9.17) is 14.6 Å². The van der Waals surface area contributed by atoms with Crippen LogP contribution in [0.3, 0.4) is 0 Å². The number of fused-ring (bicyclic) bond motifs is 1. The second-order valence-corrected chi connectivity index (χ2v) is 10.3. The Morgan fingerprint density at radius 2 is 1.68 bits per heavy atom. The maximum Gasteiger partial charge on any atom is 0.246 e. The molecule has 0 bridgehead atoms. The SMILES string of the molecule is COc1ccc(C2=NN(CCCCC(=O)Nc3ccc(C4=NNC(=O)CC4)cc3)C(=O)C3CC=CCC23)cc1OC. The molecule has 2 unspecified atom stereocenters. The number of benzene rings is 2. The third kappa shape index (κ3) is 6.48. The third-order valence-corrected chi connectivity index (χ3v) is 7.69. The van der Waals surface area contributed by atoms with Gasteiger partial charge in [0.15, 0.2) is 11.5 Å². The largest absolute Gasteiger partial charge is 0.493 e. The number of methoxy groups -OCH3 is 2. The fraction of sp³-hybridized carbons (Fsp3) is 0.387. The van der Waals surface area contributed by atoms with E-state index in [-0.39, 0.29) is 29.6 Å². The highest BCUT2D eigenvalue weighted by molar-refractivity contribution is 6.07. The molecule has 214 valence electrons. The van der Waals surface area contributed by atoms with Gasteiger partial charge in [-0.3, -0.25) is 14.4 Å². The first-order valence-corrected chi connectivity index (χ1v) is 14.0. The van der Waals surface area contributed by atoms with Gasteiger partial charge in [-0.1, -0.05) is 24.3 Å². The minimum atomic E-state index is -0.150. The van der Waals surface area contributed by atoms with Crippen molar-refractivity contribution in [3.05, 3.63) is 65.7 Å². The summed E-state index contributed by atoms with van der Waals surface area (Å²) in [7, 11) is 3.21. The van der Waals surface area contributed by atoms with Crippen LogP contribution in [0.15, 0.2) is 64.8 Å². The normalized spacial score (nSPS) is 20.0. The molecule has 0 saturated heterocycles. The van der Waals surface area contributed by atoms with E-state index in [0.717, 1.165) is 29.0 Å². The predicted octanol–water partition coefficient (Wildman–Crippen LogP) is 4.26. The smallest absolute Gasteiger partial charge is 0.246 e. The standard InChI is InChI=1S/C31H35N5O5/c1-40-26-16-12-21(19-27(26)41-2)30-23-7-3-4-8-24(23)31(39)36(35-30)18-6-5-9-28(37)32-22-13-10-20(11-14-22)25-15-17-29(38)34-33-25/h3-4,10-14,16,19,23-24H,5-9,15,17-18H2,1-2H3,(H,32,37)(H,34,38). The molecule has 2 aromatic carbocycles. The highest BCUT2D eigenvalue weighted by atomic mass is 16.5. The topological polar surface area (TPSA) is 122 Å². The van der Waals surface area contributed by atoms with Gasteiger partial charge in [0.05, 0.1) is 31.6 Å². The minimum absolute atomic E-state index is 0.0166. The molecule has 10 nitrogen and oxygen atoms in total. The average Bonchev–Trinajstić information content (AvgIpc) is 3.01. The van der Waals surface area contributed by atoms with E-state index >= 15 is 0 Å². The van der Waals surface area contributed by atoms with Crippen LogP contribution >= 0.6 is 0 Å². The van der Waals surface area contributed by atoms with Crippen molar-refractivity contribution in [3.8, 4) is 11.5 Å². The van der Waals surface area contributed by atoms with Crippen molar-refractivity contribution < 1.29 is 23.9 Å². The molecule has 41 heavy (non-hydrogen) atoms. The van der Waals surface area contributed by atoms with Crippen molar-refractivity contribution in [2.45, 2.75) is 44.9 Å². The number of amides is 3. The summed E-state index contributed by atoms with van der Waals surface area (Å²) in [6.07, 6.45) is 8.28. The summed E-state index contributed by atoms with van der Waals surface area (Å²) in [5.41, 5.74) is 6.73. The van der Waals surface area contributed by atoms with Crippen LogP contribution in [-0.4, -0.2) is 54.9 Å².